The predicted molar refractivity (Wildman–Crippen MR) is 107 cm³/mol. The number of rotatable bonds is 3. The molecule has 0 unspecified atom stereocenters. The molecule has 1 aliphatic rings. The molecule has 142 valence electrons. The summed E-state index contributed by atoms with van der Waals surface area (Å²) < 4.78 is 7.05. The van der Waals surface area contributed by atoms with Crippen LogP contribution < -0.4 is 15.4 Å². The van der Waals surface area contributed by atoms with Gasteiger partial charge in [0, 0.05) is 11.3 Å². The molecular formula is C20H17ClN4O3. The molecule has 2 amide bonds. The minimum absolute atomic E-state index is 0.00842. The topological polar surface area (TPSA) is 85.3 Å². The van der Waals surface area contributed by atoms with Crippen molar-refractivity contribution >= 4 is 34.8 Å². The number of hydrogen-bond acceptors (Lipinski definition) is 4. The molecule has 7 nitrogen and oxygen atoms in total. The highest BCUT2D eigenvalue weighted by Crippen LogP contribution is 2.30. The van der Waals surface area contributed by atoms with Crippen molar-refractivity contribution in [2.75, 3.05) is 17.2 Å². The number of nitrogens with one attached hydrogen (secondary N) is 2. The van der Waals surface area contributed by atoms with E-state index in [0.717, 1.165) is 17.1 Å². The summed E-state index contributed by atoms with van der Waals surface area (Å²) in [5.74, 6) is 0.0854. The quantitative estimate of drug-likeness (QED) is 0.706. The number of hydrogen-bond donors (Lipinski definition) is 2. The molecule has 28 heavy (non-hydrogen) atoms. The van der Waals surface area contributed by atoms with Crippen molar-refractivity contribution < 1.29 is 14.3 Å². The first-order valence-electron chi connectivity index (χ1n) is 8.62. The number of aryl methyl sites for hydroxylation is 1. The van der Waals surface area contributed by atoms with Gasteiger partial charge in [-0.3, -0.25) is 9.59 Å². The van der Waals surface area contributed by atoms with E-state index in [9.17, 15) is 9.59 Å². The van der Waals surface area contributed by atoms with Crippen molar-refractivity contribution in [3.63, 3.8) is 0 Å². The summed E-state index contributed by atoms with van der Waals surface area (Å²) in [5.41, 5.74) is 4.00. The molecule has 4 rings (SSSR count). The molecule has 1 aliphatic heterocycles. The number of carbonyl (C=O) groups excluding carboxylic acids is 2. The first-order valence-corrected chi connectivity index (χ1v) is 9.00. The van der Waals surface area contributed by atoms with Gasteiger partial charge in [-0.25, -0.2) is 4.68 Å². The maximum Gasteiger partial charge on any atom is 0.262 e. The summed E-state index contributed by atoms with van der Waals surface area (Å²) in [6.45, 7) is 3.73. The van der Waals surface area contributed by atoms with Gasteiger partial charge in [-0.2, -0.15) is 5.10 Å². The molecule has 2 heterocycles. The van der Waals surface area contributed by atoms with Crippen LogP contribution in [0.3, 0.4) is 0 Å². The summed E-state index contributed by atoms with van der Waals surface area (Å²) in [7, 11) is 0. The van der Waals surface area contributed by atoms with E-state index in [2.05, 4.69) is 15.7 Å². The normalized spacial score (nSPS) is 12.8. The highest BCUT2D eigenvalue weighted by molar-refractivity contribution is 6.31. The van der Waals surface area contributed by atoms with Crippen LogP contribution in [0.5, 0.6) is 5.75 Å². The van der Waals surface area contributed by atoms with Gasteiger partial charge in [0.25, 0.3) is 11.8 Å². The molecular weight excluding hydrogens is 380 g/mol. The molecule has 0 spiro atoms. The van der Waals surface area contributed by atoms with Crippen LogP contribution in [0, 0.1) is 13.8 Å². The van der Waals surface area contributed by atoms with Crippen LogP contribution in [0.2, 0.25) is 5.02 Å². The Morgan fingerprint density at radius 3 is 2.64 bits per heavy atom. The zero-order valence-electron chi connectivity index (χ0n) is 15.2. The van der Waals surface area contributed by atoms with Crippen molar-refractivity contribution in [2.24, 2.45) is 0 Å². The smallest absolute Gasteiger partial charge is 0.262 e. The van der Waals surface area contributed by atoms with E-state index in [1.807, 2.05) is 26.0 Å². The maximum absolute atomic E-state index is 12.5. The van der Waals surface area contributed by atoms with E-state index in [1.165, 1.54) is 0 Å². The molecule has 0 atom stereocenters. The third-order valence-corrected chi connectivity index (χ3v) is 4.99. The largest absolute Gasteiger partial charge is 0.482 e. The van der Waals surface area contributed by atoms with Crippen molar-refractivity contribution in [1.82, 2.24) is 9.78 Å². The van der Waals surface area contributed by atoms with Gasteiger partial charge in [0.15, 0.2) is 6.61 Å². The number of fused-ring (bicyclic) bond motifs is 1. The Balaban J connectivity index is 1.52. The Hall–Kier alpha value is -3.32. The lowest BCUT2D eigenvalue weighted by Gasteiger charge is -2.18. The van der Waals surface area contributed by atoms with Gasteiger partial charge in [0.1, 0.15) is 5.75 Å². The lowest BCUT2D eigenvalue weighted by molar-refractivity contribution is -0.118. The first-order chi connectivity index (χ1) is 13.4. The van der Waals surface area contributed by atoms with Crippen molar-refractivity contribution in [2.45, 2.75) is 13.8 Å². The molecule has 0 fully saturated rings. The summed E-state index contributed by atoms with van der Waals surface area (Å²) in [6.07, 6.45) is 0. The van der Waals surface area contributed by atoms with E-state index in [0.29, 0.717) is 27.7 Å². The molecule has 8 heteroatoms. The van der Waals surface area contributed by atoms with Gasteiger partial charge in [0.05, 0.1) is 27.8 Å². The average molecular weight is 397 g/mol. The fourth-order valence-electron chi connectivity index (χ4n) is 2.99. The van der Waals surface area contributed by atoms with Crippen molar-refractivity contribution in [3.05, 3.63) is 64.4 Å². The van der Waals surface area contributed by atoms with Crippen molar-refractivity contribution in [1.29, 1.82) is 0 Å². The first kappa shape index (κ1) is 18.1. The van der Waals surface area contributed by atoms with Crippen LogP contribution in [0.15, 0.2) is 42.5 Å². The fraction of sp³-hybridized carbons (Fsp3) is 0.150. The Morgan fingerprint density at radius 2 is 1.96 bits per heavy atom. The molecule has 0 saturated carbocycles. The zero-order chi connectivity index (χ0) is 19.8. The van der Waals surface area contributed by atoms with Crippen LogP contribution in [0.1, 0.15) is 21.7 Å². The molecule has 1 aromatic heterocycles. The maximum atomic E-state index is 12.5. The molecule has 0 saturated heterocycles. The highest BCUT2D eigenvalue weighted by atomic mass is 35.5. The van der Waals surface area contributed by atoms with Crippen LogP contribution >= 0.6 is 11.6 Å². The molecule has 0 radical (unpaired) electrons. The summed E-state index contributed by atoms with van der Waals surface area (Å²) in [6, 6.07) is 12.2. The van der Waals surface area contributed by atoms with Gasteiger partial charge in [-0.1, -0.05) is 11.6 Å². The van der Waals surface area contributed by atoms with Crippen LogP contribution in [0.4, 0.5) is 11.4 Å². The van der Waals surface area contributed by atoms with Gasteiger partial charge in [-0.05, 0) is 56.3 Å². The number of ether oxygens (including phenoxy) is 1. The third-order valence-electron chi connectivity index (χ3n) is 4.45. The standard InChI is InChI=1S/C20H17ClN4O3/c1-11-19(21)12(2)25(24-11)15-6-3-13(4-7-15)20(27)22-14-5-8-17-16(9-14)23-18(26)10-28-17/h3-9H,10H2,1-2H3,(H,22,27)(H,23,26). The molecule has 2 N–H and O–H groups in total. The average Bonchev–Trinajstić information content (AvgIpc) is 2.95. The predicted octanol–water partition coefficient (Wildman–Crippen LogP) is 3.73. The lowest BCUT2D eigenvalue weighted by Crippen LogP contribution is -2.25. The monoisotopic (exact) mass is 396 g/mol. The second-order valence-corrected chi connectivity index (χ2v) is 6.82. The van der Waals surface area contributed by atoms with Crippen LogP contribution in [0.25, 0.3) is 5.69 Å². The van der Waals surface area contributed by atoms with Crippen LogP contribution in [-0.2, 0) is 4.79 Å². The minimum Gasteiger partial charge on any atom is -0.482 e. The SMILES string of the molecule is Cc1nn(-c2ccc(C(=O)Nc3ccc4c(c3)NC(=O)CO4)cc2)c(C)c1Cl. The van der Waals surface area contributed by atoms with Crippen LogP contribution in [-0.4, -0.2) is 28.2 Å². The zero-order valence-corrected chi connectivity index (χ0v) is 16.0. The van der Waals surface area contributed by atoms with E-state index < -0.39 is 0 Å². The second kappa shape index (κ2) is 7.01. The Morgan fingerprint density at radius 1 is 1.21 bits per heavy atom. The van der Waals surface area contributed by atoms with E-state index >= 15 is 0 Å². The minimum atomic E-state index is -0.263. The molecule has 3 aromatic rings. The number of amides is 2. The van der Waals surface area contributed by atoms with Gasteiger partial charge < -0.3 is 15.4 Å². The summed E-state index contributed by atoms with van der Waals surface area (Å²) >= 11 is 6.20. The summed E-state index contributed by atoms with van der Waals surface area (Å²) in [4.78, 5) is 24.0. The molecule has 0 aliphatic carbocycles. The summed E-state index contributed by atoms with van der Waals surface area (Å²) in [5, 5.41) is 10.6. The fourth-order valence-corrected chi connectivity index (χ4v) is 3.11. The number of anilines is 2. The number of halogens is 1. The third kappa shape index (κ3) is 3.32. The van der Waals surface area contributed by atoms with E-state index in [-0.39, 0.29) is 18.4 Å². The number of nitrogens with zero attached hydrogens (tertiary/aromatic N) is 2. The second-order valence-electron chi connectivity index (χ2n) is 6.45. The highest BCUT2D eigenvalue weighted by Gasteiger charge is 2.17. The van der Waals surface area contributed by atoms with E-state index in [1.54, 1.807) is 35.0 Å². The number of benzene rings is 2. The van der Waals surface area contributed by atoms with Gasteiger partial charge in [-0.15, -0.1) is 0 Å². The Kier molecular flexibility index (Phi) is 4.52. The number of aromatic nitrogens is 2. The molecule has 2 aromatic carbocycles. The van der Waals surface area contributed by atoms with Crippen molar-refractivity contribution in [3.8, 4) is 11.4 Å². The number of carbonyl (C=O) groups is 2. The van der Waals surface area contributed by atoms with Gasteiger partial charge >= 0.3 is 0 Å². The molecule has 0 bridgehead atoms. The lowest BCUT2D eigenvalue weighted by atomic mass is 10.1. The van der Waals surface area contributed by atoms with Gasteiger partial charge in [0.2, 0.25) is 0 Å². The van der Waals surface area contributed by atoms with E-state index in [4.69, 9.17) is 16.3 Å². The Bertz CT molecular complexity index is 1090. The Labute approximate surface area is 166 Å².